The largest absolute Gasteiger partial charge is 0.492 e. The van der Waals surface area contributed by atoms with Gasteiger partial charge in [-0.25, -0.2) is 0 Å². The molecule has 1 atom stereocenters. The van der Waals surface area contributed by atoms with Gasteiger partial charge in [0.15, 0.2) is 16.6 Å². The number of hydrogen-bond acceptors (Lipinski definition) is 4. The van der Waals surface area contributed by atoms with Crippen LogP contribution in [-0.4, -0.2) is 30.0 Å². The molecule has 0 spiro atoms. The van der Waals surface area contributed by atoms with Crippen molar-refractivity contribution in [3.63, 3.8) is 0 Å². The summed E-state index contributed by atoms with van der Waals surface area (Å²) in [6, 6.07) is 14.0. The van der Waals surface area contributed by atoms with E-state index in [2.05, 4.69) is 28.4 Å². The maximum atomic E-state index is 5.85. The van der Waals surface area contributed by atoms with Crippen LogP contribution < -0.4 is 19.5 Å². The number of nitrogens with zero attached hydrogens (tertiary/aromatic N) is 1. The van der Waals surface area contributed by atoms with E-state index in [4.69, 9.17) is 26.4 Å². The van der Waals surface area contributed by atoms with Crippen LogP contribution in [0.3, 0.4) is 0 Å². The molecular weight excluding hydrogens is 396 g/mol. The summed E-state index contributed by atoms with van der Waals surface area (Å²) in [7, 11) is 0. The van der Waals surface area contributed by atoms with Gasteiger partial charge in [0.2, 0.25) is 6.79 Å². The molecular formula is C24H28N2O3S. The van der Waals surface area contributed by atoms with Crippen LogP contribution in [0.1, 0.15) is 31.7 Å². The van der Waals surface area contributed by atoms with Gasteiger partial charge in [-0.05, 0) is 74.2 Å². The van der Waals surface area contributed by atoms with Crippen molar-refractivity contribution in [2.45, 2.75) is 32.7 Å². The molecule has 1 aliphatic heterocycles. The standard InChI is InChI=1S/C24H28N2O3S/c1-2-27-21-11-7-6-10-20(21)25-24(30)26(15-18-8-4-3-5-9-18)16-19-12-13-22-23(14-19)29-17-28-22/h3-4,6-7,10-14,18H,2,5,8-9,15-17H2,1H3,(H,25,30). The summed E-state index contributed by atoms with van der Waals surface area (Å²) in [6.07, 6.45) is 7.97. The van der Waals surface area contributed by atoms with Gasteiger partial charge in [-0.15, -0.1) is 0 Å². The van der Waals surface area contributed by atoms with E-state index in [0.29, 0.717) is 24.2 Å². The fourth-order valence-electron chi connectivity index (χ4n) is 3.86. The molecule has 0 saturated carbocycles. The highest BCUT2D eigenvalue weighted by atomic mass is 32.1. The summed E-state index contributed by atoms with van der Waals surface area (Å²) in [5.41, 5.74) is 2.04. The average Bonchev–Trinajstić information content (AvgIpc) is 3.23. The molecule has 1 aliphatic carbocycles. The van der Waals surface area contributed by atoms with E-state index < -0.39 is 0 Å². The first-order valence-corrected chi connectivity index (χ1v) is 10.9. The van der Waals surface area contributed by atoms with Gasteiger partial charge in [0.25, 0.3) is 0 Å². The number of hydrogen-bond donors (Lipinski definition) is 1. The van der Waals surface area contributed by atoms with E-state index in [1.165, 1.54) is 6.42 Å². The van der Waals surface area contributed by atoms with Crippen LogP contribution in [0.5, 0.6) is 17.2 Å². The predicted molar refractivity (Wildman–Crippen MR) is 123 cm³/mol. The average molecular weight is 425 g/mol. The van der Waals surface area contributed by atoms with Crippen molar-refractivity contribution in [3.8, 4) is 17.2 Å². The quantitative estimate of drug-likeness (QED) is 0.476. The lowest BCUT2D eigenvalue weighted by atomic mass is 9.94. The third kappa shape index (κ3) is 5.05. The van der Waals surface area contributed by atoms with Crippen molar-refractivity contribution < 1.29 is 14.2 Å². The molecule has 0 saturated heterocycles. The molecule has 0 amide bonds. The Morgan fingerprint density at radius 1 is 1.17 bits per heavy atom. The van der Waals surface area contributed by atoms with Gasteiger partial charge in [-0.3, -0.25) is 0 Å². The van der Waals surface area contributed by atoms with Crippen LogP contribution in [0.25, 0.3) is 0 Å². The van der Waals surface area contributed by atoms with Gasteiger partial charge in [0.05, 0.1) is 12.3 Å². The van der Waals surface area contributed by atoms with Crippen LogP contribution in [0.15, 0.2) is 54.6 Å². The van der Waals surface area contributed by atoms with E-state index >= 15 is 0 Å². The van der Waals surface area contributed by atoms with Crippen molar-refractivity contribution in [2.75, 3.05) is 25.3 Å². The van der Waals surface area contributed by atoms with Gasteiger partial charge in [-0.1, -0.05) is 30.4 Å². The number of rotatable bonds is 7. The fraction of sp³-hybridized carbons (Fsp3) is 0.375. The van der Waals surface area contributed by atoms with Crippen molar-refractivity contribution >= 4 is 23.0 Å². The summed E-state index contributed by atoms with van der Waals surface area (Å²) < 4.78 is 16.8. The number of anilines is 1. The summed E-state index contributed by atoms with van der Waals surface area (Å²) in [5.74, 6) is 3.00. The number of nitrogens with one attached hydrogen (secondary N) is 1. The summed E-state index contributed by atoms with van der Waals surface area (Å²) in [6.45, 7) is 4.49. The van der Waals surface area contributed by atoms with Crippen LogP contribution in [0.2, 0.25) is 0 Å². The fourth-order valence-corrected chi connectivity index (χ4v) is 4.11. The number of ether oxygens (including phenoxy) is 3. The van der Waals surface area contributed by atoms with Gasteiger partial charge in [-0.2, -0.15) is 0 Å². The maximum absolute atomic E-state index is 5.85. The van der Waals surface area contributed by atoms with Gasteiger partial charge in [0.1, 0.15) is 5.75 Å². The first-order chi connectivity index (χ1) is 14.7. The molecule has 1 heterocycles. The molecule has 0 fully saturated rings. The molecule has 1 N–H and O–H groups in total. The first kappa shape index (κ1) is 20.5. The maximum Gasteiger partial charge on any atom is 0.231 e. The number of thiocarbonyl (C=S) groups is 1. The summed E-state index contributed by atoms with van der Waals surface area (Å²) in [4.78, 5) is 2.25. The molecule has 2 aliphatic rings. The molecule has 2 aromatic rings. The minimum Gasteiger partial charge on any atom is -0.492 e. The molecule has 30 heavy (non-hydrogen) atoms. The molecule has 0 radical (unpaired) electrons. The lowest BCUT2D eigenvalue weighted by molar-refractivity contribution is 0.174. The first-order valence-electron chi connectivity index (χ1n) is 10.5. The zero-order valence-electron chi connectivity index (χ0n) is 17.3. The van der Waals surface area contributed by atoms with Crippen LogP contribution in [-0.2, 0) is 6.54 Å². The van der Waals surface area contributed by atoms with Crippen LogP contribution >= 0.6 is 12.2 Å². The second-order valence-corrected chi connectivity index (χ2v) is 7.96. The SMILES string of the molecule is CCOc1ccccc1NC(=S)N(Cc1ccc2c(c1)OCO2)CC1CC=CCC1. The highest BCUT2D eigenvalue weighted by Gasteiger charge is 2.20. The lowest BCUT2D eigenvalue weighted by Gasteiger charge is -2.31. The Hall–Kier alpha value is -2.73. The highest BCUT2D eigenvalue weighted by molar-refractivity contribution is 7.80. The Labute approximate surface area is 183 Å². The van der Waals surface area contributed by atoms with Crippen LogP contribution in [0.4, 0.5) is 5.69 Å². The number of benzene rings is 2. The molecule has 1 unspecified atom stereocenters. The molecule has 4 rings (SSSR count). The van der Waals surface area contributed by atoms with Gasteiger partial charge in [0, 0.05) is 13.1 Å². The minimum absolute atomic E-state index is 0.283. The second-order valence-electron chi connectivity index (χ2n) is 7.58. The predicted octanol–water partition coefficient (Wildman–Crippen LogP) is 5.37. The molecule has 0 aromatic heterocycles. The van der Waals surface area contributed by atoms with Gasteiger partial charge < -0.3 is 24.4 Å². The van der Waals surface area contributed by atoms with E-state index in [1.807, 2.05) is 43.3 Å². The van der Waals surface area contributed by atoms with E-state index in [1.54, 1.807) is 0 Å². The number of fused-ring (bicyclic) bond motifs is 1. The topological polar surface area (TPSA) is 43.0 Å². The molecule has 158 valence electrons. The summed E-state index contributed by atoms with van der Waals surface area (Å²) in [5, 5.41) is 4.12. The Kier molecular flexibility index (Phi) is 6.74. The molecule has 0 bridgehead atoms. The van der Waals surface area contributed by atoms with E-state index in [9.17, 15) is 0 Å². The Morgan fingerprint density at radius 3 is 2.87 bits per heavy atom. The highest BCUT2D eigenvalue weighted by Crippen LogP contribution is 2.33. The molecule has 5 nitrogen and oxygen atoms in total. The number of para-hydroxylation sites is 2. The van der Waals surface area contributed by atoms with Crippen molar-refractivity contribution in [1.29, 1.82) is 0 Å². The zero-order chi connectivity index (χ0) is 20.8. The minimum atomic E-state index is 0.283. The Morgan fingerprint density at radius 2 is 2.03 bits per heavy atom. The second kappa shape index (κ2) is 9.85. The molecule has 6 heteroatoms. The smallest absolute Gasteiger partial charge is 0.231 e. The zero-order valence-corrected chi connectivity index (χ0v) is 18.1. The van der Waals surface area contributed by atoms with Crippen molar-refractivity contribution in [1.82, 2.24) is 4.90 Å². The third-order valence-corrected chi connectivity index (χ3v) is 5.74. The third-order valence-electron chi connectivity index (χ3n) is 5.38. The van der Waals surface area contributed by atoms with Gasteiger partial charge >= 0.3 is 0 Å². The van der Waals surface area contributed by atoms with E-state index in [-0.39, 0.29) is 6.79 Å². The van der Waals surface area contributed by atoms with Crippen molar-refractivity contribution in [3.05, 3.63) is 60.2 Å². The summed E-state index contributed by atoms with van der Waals surface area (Å²) >= 11 is 5.85. The Balaban J connectivity index is 1.52. The lowest BCUT2D eigenvalue weighted by Crippen LogP contribution is -2.38. The van der Waals surface area contributed by atoms with E-state index in [0.717, 1.165) is 47.9 Å². The normalized spacial score (nSPS) is 16.9. The molecule has 2 aromatic carbocycles. The van der Waals surface area contributed by atoms with Crippen LogP contribution in [0, 0.1) is 5.92 Å². The number of allylic oxidation sites excluding steroid dienone is 2. The van der Waals surface area contributed by atoms with Crippen molar-refractivity contribution in [2.24, 2.45) is 5.92 Å². The monoisotopic (exact) mass is 424 g/mol. The Bertz CT molecular complexity index is 915.